The van der Waals surface area contributed by atoms with Gasteiger partial charge in [-0.3, -0.25) is 9.36 Å². The lowest BCUT2D eigenvalue weighted by Gasteiger charge is -2.26. The van der Waals surface area contributed by atoms with Gasteiger partial charge in [-0.2, -0.15) is 0 Å². The molecule has 47 heavy (non-hydrogen) atoms. The van der Waals surface area contributed by atoms with Gasteiger partial charge in [0.05, 0.1) is 41.3 Å². The fourth-order valence-electron chi connectivity index (χ4n) is 5.97. The Morgan fingerprint density at radius 3 is 2.34 bits per heavy atom. The molecule has 1 N–H and O–H groups in total. The predicted molar refractivity (Wildman–Crippen MR) is 190 cm³/mol. The Morgan fingerprint density at radius 1 is 0.979 bits per heavy atom. The summed E-state index contributed by atoms with van der Waals surface area (Å²) in [4.78, 5) is 38.5. The van der Waals surface area contributed by atoms with Crippen LogP contribution in [-0.4, -0.2) is 35.5 Å². The number of rotatable bonds is 8. The number of thiazole rings is 1. The molecular formula is C38H31N3O4S2. The van der Waals surface area contributed by atoms with Gasteiger partial charge < -0.3 is 14.5 Å². The van der Waals surface area contributed by atoms with Crippen LogP contribution in [0.2, 0.25) is 0 Å². The molecule has 0 aliphatic carbocycles. The molecule has 0 unspecified atom stereocenters. The Bertz CT molecular complexity index is 2320. The lowest BCUT2D eigenvalue weighted by Crippen LogP contribution is -2.40. The number of carbonyl (C=O) groups excluding carboxylic acids is 1. The Morgan fingerprint density at radius 2 is 1.68 bits per heavy atom. The summed E-state index contributed by atoms with van der Waals surface area (Å²) in [6, 6.07) is 32.7. The van der Waals surface area contributed by atoms with E-state index in [-0.39, 0.29) is 12.2 Å². The molecule has 7 rings (SSSR count). The number of H-pyrrole nitrogens is 1. The molecule has 7 nitrogen and oxygen atoms in total. The van der Waals surface area contributed by atoms with Crippen molar-refractivity contribution in [2.24, 2.45) is 4.99 Å². The number of ether oxygens (including phenoxy) is 2. The van der Waals surface area contributed by atoms with Crippen LogP contribution in [0, 0.1) is 0 Å². The van der Waals surface area contributed by atoms with Crippen molar-refractivity contribution in [3.8, 4) is 17.0 Å². The molecule has 0 spiro atoms. The minimum absolute atomic E-state index is 0.194. The fraction of sp³-hybridized carbons (Fsp3) is 0.132. The number of hydrogen-bond acceptors (Lipinski definition) is 7. The van der Waals surface area contributed by atoms with Crippen molar-refractivity contribution in [2.75, 3.05) is 20.0 Å². The second-order valence-corrected chi connectivity index (χ2v) is 12.8. The van der Waals surface area contributed by atoms with Gasteiger partial charge in [0, 0.05) is 26.9 Å². The lowest BCUT2D eigenvalue weighted by molar-refractivity contribution is -0.138. The molecule has 1 atom stereocenters. The molecule has 1 aliphatic rings. The molecule has 0 fully saturated rings. The number of methoxy groups -OCH3 is 1. The zero-order valence-corrected chi connectivity index (χ0v) is 27.7. The maximum Gasteiger partial charge on any atom is 0.338 e. The molecule has 3 heterocycles. The topological polar surface area (TPSA) is 85.7 Å². The molecule has 6 aromatic rings. The number of esters is 1. The van der Waals surface area contributed by atoms with Gasteiger partial charge >= 0.3 is 5.97 Å². The van der Waals surface area contributed by atoms with Crippen LogP contribution in [0.5, 0.6) is 5.75 Å². The van der Waals surface area contributed by atoms with Gasteiger partial charge in [0.25, 0.3) is 5.56 Å². The van der Waals surface area contributed by atoms with Gasteiger partial charge in [0.2, 0.25) is 0 Å². The van der Waals surface area contributed by atoms with Crippen molar-refractivity contribution in [1.82, 2.24) is 9.55 Å². The van der Waals surface area contributed by atoms with E-state index >= 15 is 0 Å². The number of aromatic amines is 1. The van der Waals surface area contributed by atoms with Crippen molar-refractivity contribution in [3.05, 3.63) is 145 Å². The standard InChI is InChI=1S/C38H31N3O4S2/c1-4-45-37(43)32-34(24-13-9-6-10-14-24)40-38-41(35(32)25-15-18-27(46-3)19-16-25)36(42)31(47-38)22-29-28-21-26(44-2)17-20-30(28)39-33(29)23-11-7-5-8-12-23/h5-22,35,39H,4H2,1-3H3/b31-22-/t35-/m1/s1. The third-order valence-electron chi connectivity index (χ3n) is 8.19. The summed E-state index contributed by atoms with van der Waals surface area (Å²) in [5, 5.41) is 0.926. The van der Waals surface area contributed by atoms with Gasteiger partial charge in [-0.1, -0.05) is 84.1 Å². The molecule has 4 aromatic carbocycles. The van der Waals surface area contributed by atoms with Gasteiger partial charge in [0.1, 0.15) is 5.75 Å². The summed E-state index contributed by atoms with van der Waals surface area (Å²) in [7, 11) is 1.64. The summed E-state index contributed by atoms with van der Waals surface area (Å²) in [6.07, 6.45) is 3.94. The zero-order valence-electron chi connectivity index (χ0n) is 26.0. The molecule has 1 aliphatic heterocycles. The number of nitrogens with one attached hydrogen (secondary N) is 1. The first-order chi connectivity index (χ1) is 23.0. The average Bonchev–Trinajstić information content (AvgIpc) is 3.64. The first kappa shape index (κ1) is 30.5. The summed E-state index contributed by atoms with van der Waals surface area (Å²) in [5.74, 6) is 0.214. The molecule has 234 valence electrons. The Labute approximate surface area is 279 Å². The highest BCUT2D eigenvalue weighted by Gasteiger charge is 2.35. The Hall–Kier alpha value is -5.12. The summed E-state index contributed by atoms with van der Waals surface area (Å²) in [5.41, 5.74) is 5.82. The minimum Gasteiger partial charge on any atom is -0.497 e. The van der Waals surface area contributed by atoms with E-state index in [4.69, 9.17) is 14.5 Å². The highest BCUT2D eigenvalue weighted by atomic mass is 32.2. The number of nitrogens with zero attached hydrogens (tertiary/aromatic N) is 2. The average molecular weight is 658 g/mol. The van der Waals surface area contributed by atoms with Crippen LogP contribution in [0.15, 0.2) is 123 Å². The molecule has 9 heteroatoms. The Balaban J connectivity index is 1.53. The monoisotopic (exact) mass is 657 g/mol. The number of fused-ring (bicyclic) bond motifs is 2. The van der Waals surface area contributed by atoms with E-state index in [1.807, 2.05) is 115 Å². The number of hydrogen-bond donors (Lipinski definition) is 1. The largest absolute Gasteiger partial charge is 0.497 e. The van der Waals surface area contributed by atoms with Crippen molar-refractivity contribution < 1.29 is 14.3 Å². The van der Waals surface area contributed by atoms with E-state index in [1.54, 1.807) is 30.4 Å². The predicted octanol–water partition coefficient (Wildman–Crippen LogP) is 6.81. The van der Waals surface area contributed by atoms with E-state index in [2.05, 4.69) is 4.98 Å². The Kier molecular flexibility index (Phi) is 8.41. The van der Waals surface area contributed by atoms with E-state index in [9.17, 15) is 9.59 Å². The fourth-order valence-corrected chi connectivity index (χ4v) is 7.37. The second kappa shape index (κ2) is 12.9. The van der Waals surface area contributed by atoms with Crippen LogP contribution >= 0.6 is 23.1 Å². The molecule has 0 saturated heterocycles. The van der Waals surface area contributed by atoms with Crippen LogP contribution in [0.3, 0.4) is 0 Å². The summed E-state index contributed by atoms with van der Waals surface area (Å²) < 4.78 is 13.3. The number of aromatic nitrogens is 2. The quantitative estimate of drug-likeness (QED) is 0.144. The molecule has 0 amide bonds. The lowest BCUT2D eigenvalue weighted by atomic mass is 9.93. The van der Waals surface area contributed by atoms with Crippen LogP contribution in [0.4, 0.5) is 0 Å². The van der Waals surface area contributed by atoms with E-state index < -0.39 is 12.0 Å². The third-order valence-corrected chi connectivity index (χ3v) is 9.92. The zero-order chi connectivity index (χ0) is 32.5. The van der Waals surface area contributed by atoms with Crippen LogP contribution in [-0.2, 0) is 9.53 Å². The highest BCUT2D eigenvalue weighted by Crippen LogP contribution is 2.36. The van der Waals surface area contributed by atoms with Crippen molar-refractivity contribution in [2.45, 2.75) is 17.9 Å². The SMILES string of the molecule is CCOC(=O)C1=C(c2ccccc2)N=c2s/c(=C\c3c(-c4ccccc4)[nH]c4ccc(OC)cc34)c(=O)n2[C@@H]1c1ccc(SC)cc1. The first-order valence-corrected chi connectivity index (χ1v) is 17.2. The van der Waals surface area contributed by atoms with Gasteiger partial charge in [0.15, 0.2) is 4.80 Å². The molecule has 2 aromatic heterocycles. The van der Waals surface area contributed by atoms with E-state index in [1.165, 1.54) is 11.3 Å². The maximum absolute atomic E-state index is 14.6. The highest BCUT2D eigenvalue weighted by molar-refractivity contribution is 7.98. The van der Waals surface area contributed by atoms with Gasteiger partial charge in [-0.15, -0.1) is 11.8 Å². The maximum atomic E-state index is 14.6. The van der Waals surface area contributed by atoms with E-state index in [0.29, 0.717) is 26.4 Å². The van der Waals surface area contributed by atoms with Crippen LogP contribution < -0.4 is 19.6 Å². The molecular weight excluding hydrogens is 627 g/mol. The third kappa shape index (κ3) is 5.62. The molecule has 0 radical (unpaired) electrons. The van der Waals surface area contributed by atoms with Crippen molar-refractivity contribution >= 4 is 51.7 Å². The summed E-state index contributed by atoms with van der Waals surface area (Å²) in [6.45, 7) is 1.97. The smallest absolute Gasteiger partial charge is 0.338 e. The van der Waals surface area contributed by atoms with Crippen molar-refractivity contribution in [1.29, 1.82) is 0 Å². The number of thioether (sulfide) groups is 1. The minimum atomic E-state index is -0.741. The van der Waals surface area contributed by atoms with Crippen LogP contribution in [0.1, 0.15) is 29.7 Å². The van der Waals surface area contributed by atoms with Crippen LogP contribution in [0.25, 0.3) is 33.9 Å². The van der Waals surface area contributed by atoms with E-state index in [0.717, 1.165) is 43.7 Å². The number of carbonyl (C=O) groups is 1. The molecule has 0 saturated carbocycles. The normalized spacial score (nSPS) is 14.6. The van der Waals surface area contributed by atoms with Gasteiger partial charge in [-0.05, 0) is 60.7 Å². The van der Waals surface area contributed by atoms with Crippen molar-refractivity contribution in [3.63, 3.8) is 0 Å². The second-order valence-electron chi connectivity index (χ2n) is 10.9. The summed E-state index contributed by atoms with van der Waals surface area (Å²) >= 11 is 2.94. The first-order valence-electron chi connectivity index (χ1n) is 15.2. The van der Waals surface area contributed by atoms with Gasteiger partial charge in [-0.25, -0.2) is 9.79 Å². The molecule has 0 bridgehead atoms. The number of benzene rings is 4.